The van der Waals surface area contributed by atoms with Gasteiger partial charge in [0.1, 0.15) is 11.6 Å². The second kappa shape index (κ2) is 5.13. The predicted octanol–water partition coefficient (Wildman–Crippen LogP) is 2.60. The molecule has 20 heavy (non-hydrogen) atoms. The molecule has 0 spiro atoms. The lowest BCUT2D eigenvalue weighted by Gasteiger charge is -2.07. The SMILES string of the molecule is O=Cc1c(F)cc(-c2ccn(C3CCOC3)n2)cc1F. The van der Waals surface area contributed by atoms with Crippen molar-refractivity contribution in [2.75, 3.05) is 13.2 Å². The summed E-state index contributed by atoms with van der Waals surface area (Å²) >= 11 is 0. The van der Waals surface area contributed by atoms with Crippen LogP contribution < -0.4 is 0 Å². The van der Waals surface area contributed by atoms with Gasteiger partial charge in [0, 0.05) is 18.4 Å². The first-order valence-electron chi connectivity index (χ1n) is 6.26. The van der Waals surface area contributed by atoms with Crippen LogP contribution in [-0.4, -0.2) is 29.3 Å². The van der Waals surface area contributed by atoms with Gasteiger partial charge in [-0.05, 0) is 24.6 Å². The van der Waals surface area contributed by atoms with Crippen LogP contribution in [0.3, 0.4) is 0 Å². The Hall–Kier alpha value is -2.08. The lowest BCUT2D eigenvalue weighted by Crippen LogP contribution is -2.09. The summed E-state index contributed by atoms with van der Waals surface area (Å²) in [4.78, 5) is 10.6. The molecule has 104 valence electrons. The number of aldehydes is 1. The van der Waals surface area contributed by atoms with Crippen LogP contribution in [0.25, 0.3) is 11.3 Å². The number of halogens is 2. The molecule has 0 amide bonds. The maximum Gasteiger partial charge on any atom is 0.155 e. The molecule has 0 bridgehead atoms. The zero-order valence-electron chi connectivity index (χ0n) is 10.6. The van der Waals surface area contributed by atoms with E-state index in [9.17, 15) is 13.6 Å². The van der Waals surface area contributed by atoms with Crippen LogP contribution in [-0.2, 0) is 4.74 Å². The van der Waals surface area contributed by atoms with E-state index in [1.807, 2.05) is 0 Å². The summed E-state index contributed by atoms with van der Waals surface area (Å²) in [5.74, 6) is -1.76. The largest absolute Gasteiger partial charge is 0.379 e. The molecule has 3 rings (SSSR count). The van der Waals surface area contributed by atoms with Gasteiger partial charge in [-0.15, -0.1) is 0 Å². The van der Waals surface area contributed by atoms with Crippen molar-refractivity contribution in [1.29, 1.82) is 0 Å². The summed E-state index contributed by atoms with van der Waals surface area (Å²) in [5.41, 5.74) is 0.216. The van der Waals surface area contributed by atoms with Gasteiger partial charge in [-0.25, -0.2) is 8.78 Å². The van der Waals surface area contributed by atoms with E-state index in [-0.39, 0.29) is 12.3 Å². The molecule has 0 radical (unpaired) electrons. The zero-order valence-corrected chi connectivity index (χ0v) is 10.6. The number of rotatable bonds is 3. The summed E-state index contributed by atoms with van der Waals surface area (Å²) in [6.45, 7) is 1.28. The predicted molar refractivity (Wildman–Crippen MR) is 67.4 cm³/mol. The molecule has 2 heterocycles. The topological polar surface area (TPSA) is 44.1 Å². The molecule has 1 aliphatic heterocycles. The maximum atomic E-state index is 13.6. The Kier molecular flexibility index (Phi) is 3.31. The number of carbonyl (C=O) groups excluding carboxylic acids is 1. The van der Waals surface area contributed by atoms with Gasteiger partial charge in [-0.3, -0.25) is 9.48 Å². The molecule has 0 saturated carbocycles. The normalized spacial score (nSPS) is 18.4. The van der Waals surface area contributed by atoms with Crippen molar-refractivity contribution >= 4 is 6.29 Å². The first-order valence-corrected chi connectivity index (χ1v) is 6.26. The fourth-order valence-corrected chi connectivity index (χ4v) is 2.27. The first kappa shape index (κ1) is 12.9. The van der Waals surface area contributed by atoms with Gasteiger partial charge in [0.15, 0.2) is 6.29 Å². The Balaban J connectivity index is 1.95. The Morgan fingerprint density at radius 3 is 2.70 bits per heavy atom. The van der Waals surface area contributed by atoms with E-state index in [1.165, 1.54) is 0 Å². The summed E-state index contributed by atoms with van der Waals surface area (Å²) in [5, 5.41) is 4.32. The molecule has 1 aromatic heterocycles. The number of hydrogen-bond acceptors (Lipinski definition) is 3. The standard InChI is InChI=1S/C14H12F2N2O2/c15-12-5-9(6-13(16)11(12)7-19)14-1-3-18(17-14)10-2-4-20-8-10/h1,3,5-7,10H,2,4,8H2. The summed E-state index contributed by atoms with van der Waals surface area (Å²) < 4.78 is 34.2. The second-order valence-corrected chi connectivity index (χ2v) is 4.67. The quantitative estimate of drug-likeness (QED) is 0.811. The monoisotopic (exact) mass is 278 g/mol. The molecule has 1 unspecified atom stereocenters. The van der Waals surface area contributed by atoms with Crippen LogP contribution in [0.2, 0.25) is 0 Å². The van der Waals surface area contributed by atoms with Crippen LogP contribution in [0, 0.1) is 11.6 Å². The minimum absolute atomic E-state index is 0.160. The minimum Gasteiger partial charge on any atom is -0.379 e. The average molecular weight is 278 g/mol. The van der Waals surface area contributed by atoms with E-state index in [2.05, 4.69) is 5.10 Å². The van der Waals surface area contributed by atoms with Gasteiger partial charge < -0.3 is 4.74 Å². The highest BCUT2D eigenvalue weighted by Gasteiger charge is 2.19. The molecule has 0 N–H and O–H groups in total. The highest BCUT2D eigenvalue weighted by molar-refractivity contribution is 5.77. The number of carbonyl (C=O) groups is 1. The van der Waals surface area contributed by atoms with Crippen molar-refractivity contribution < 1.29 is 18.3 Å². The number of ether oxygens (including phenoxy) is 1. The summed E-state index contributed by atoms with van der Waals surface area (Å²) in [6, 6.07) is 4.08. The van der Waals surface area contributed by atoms with Gasteiger partial charge >= 0.3 is 0 Å². The van der Waals surface area contributed by atoms with E-state index >= 15 is 0 Å². The van der Waals surface area contributed by atoms with Crippen LogP contribution in [0.15, 0.2) is 24.4 Å². The maximum absolute atomic E-state index is 13.6. The van der Waals surface area contributed by atoms with Gasteiger partial charge in [-0.1, -0.05) is 0 Å². The van der Waals surface area contributed by atoms with Crippen molar-refractivity contribution in [3.05, 3.63) is 41.6 Å². The fourth-order valence-electron chi connectivity index (χ4n) is 2.27. The number of hydrogen-bond donors (Lipinski definition) is 0. The average Bonchev–Trinajstić information content (AvgIpc) is 3.09. The van der Waals surface area contributed by atoms with Gasteiger partial charge in [0.25, 0.3) is 0 Å². The van der Waals surface area contributed by atoms with E-state index in [0.29, 0.717) is 24.5 Å². The zero-order chi connectivity index (χ0) is 14.1. The molecular weight excluding hydrogens is 266 g/mol. The van der Waals surface area contributed by atoms with Crippen molar-refractivity contribution in [2.24, 2.45) is 0 Å². The van der Waals surface area contributed by atoms with E-state index in [1.54, 1.807) is 16.9 Å². The Morgan fingerprint density at radius 2 is 2.10 bits per heavy atom. The molecular formula is C14H12F2N2O2. The van der Waals surface area contributed by atoms with Crippen LogP contribution in [0.4, 0.5) is 8.78 Å². The second-order valence-electron chi connectivity index (χ2n) is 4.67. The van der Waals surface area contributed by atoms with Crippen molar-refractivity contribution in [1.82, 2.24) is 9.78 Å². The highest BCUT2D eigenvalue weighted by Crippen LogP contribution is 2.25. The van der Waals surface area contributed by atoms with E-state index in [4.69, 9.17) is 4.74 Å². The molecule has 2 aromatic rings. The van der Waals surface area contributed by atoms with Crippen molar-refractivity contribution in [3.8, 4) is 11.3 Å². The highest BCUT2D eigenvalue weighted by atomic mass is 19.1. The third-order valence-electron chi connectivity index (χ3n) is 3.38. The van der Waals surface area contributed by atoms with E-state index < -0.39 is 17.2 Å². The van der Waals surface area contributed by atoms with Crippen molar-refractivity contribution in [3.63, 3.8) is 0 Å². The third-order valence-corrected chi connectivity index (χ3v) is 3.38. The van der Waals surface area contributed by atoms with Crippen LogP contribution in [0.1, 0.15) is 22.8 Å². The lowest BCUT2D eigenvalue weighted by molar-refractivity contribution is 0.111. The van der Waals surface area contributed by atoms with E-state index in [0.717, 1.165) is 18.6 Å². The third kappa shape index (κ3) is 2.22. The fraction of sp³-hybridized carbons (Fsp3) is 0.286. The number of aromatic nitrogens is 2. The Morgan fingerprint density at radius 1 is 1.35 bits per heavy atom. The van der Waals surface area contributed by atoms with Crippen molar-refractivity contribution in [2.45, 2.75) is 12.5 Å². The molecule has 1 aromatic carbocycles. The number of benzene rings is 1. The molecule has 6 heteroatoms. The minimum atomic E-state index is -0.881. The molecule has 0 aliphatic carbocycles. The lowest BCUT2D eigenvalue weighted by atomic mass is 10.1. The Bertz CT molecular complexity index is 625. The molecule has 1 fully saturated rings. The van der Waals surface area contributed by atoms with Crippen LogP contribution in [0.5, 0.6) is 0 Å². The number of nitrogens with zero attached hydrogens (tertiary/aromatic N) is 2. The molecule has 4 nitrogen and oxygen atoms in total. The van der Waals surface area contributed by atoms with Gasteiger partial charge in [-0.2, -0.15) is 5.10 Å². The molecule has 1 atom stereocenters. The summed E-state index contributed by atoms with van der Waals surface area (Å²) in [6.07, 6.45) is 2.80. The Labute approximate surface area is 114 Å². The van der Waals surface area contributed by atoms with Crippen LogP contribution >= 0.6 is 0 Å². The summed E-state index contributed by atoms with van der Waals surface area (Å²) in [7, 11) is 0. The first-order chi connectivity index (χ1) is 9.69. The van der Waals surface area contributed by atoms with Gasteiger partial charge in [0.2, 0.25) is 0 Å². The smallest absolute Gasteiger partial charge is 0.155 e. The van der Waals surface area contributed by atoms with Gasteiger partial charge in [0.05, 0.1) is 23.9 Å². The molecule has 1 aliphatic rings. The molecule has 1 saturated heterocycles.